The molecule has 0 aromatic rings. The van der Waals surface area contributed by atoms with Crippen LogP contribution in [-0.4, -0.2) is 67.8 Å². The van der Waals surface area contributed by atoms with E-state index in [0.29, 0.717) is 0 Å². The molecule has 2 atom stereocenters. The summed E-state index contributed by atoms with van der Waals surface area (Å²) in [5.41, 5.74) is -0.745. The van der Waals surface area contributed by atoms with Gasteiger partial charge in [-0.15, -0.1) is 0 Å². The summed E-state index contributed by atoms with van der Waals surface area (Å²) in [6.07, 6.45) is -1.10. The minimum atomic E-state index is -1.58. The maximum absolute atomic E-state index is 12.1. The van der Waals surface area contributed by atoms with Crippen LogP contribution in [0.3, 0.4) is 0 Å². The van der Waals surface area contributed by atoms with Crippen molar-refractivity contribution in [3.05, 3.63) is 0 Å². The highest BCUT2D eigenvalue weighted by Gasteiger charge is 2.28. The molecule has 0 saturated carbocycles. The average Bonchev–Trinajstić information content (AvgIpc) is 2.33. The van der Waals surface area contributed by atoms with E-state index in [2.05, 4.69) is 25.0 Å². The Kier molecular flexibility index (Phi) is 8.06. The van der Waals surface area contributed by atoms with Gasteiger partial charge in [-0.1, -0.05) is 19.6 Å². The van der Waals surface area contributed by atoms with Crippen LogP contribution in [0.4, 0.5) is 9.59 Å². The van der Waals surface area contributed by atoms with Crippen LogP contribution in [0.2, 0.25) is 19.6 Å². The van der Waals surface area contributed by atoms with Gasteiger partial charge in [0.15, 0.2) is 0 Å². The summed E-state index contributed by atoms with van der Waals surface area (Å²) in [5, 5.41) is 11.9. The number of amides is 2. The summed E-state index contributed by atoms with van der Waals surface area (Å²) in [7, 11) is -0.0112. The lowest BCUT2D eigenvalue weighted by Crippen LogP contribution is -2.49. The molecule has 0 aliphatic carbocycles. The molecular formula is C15H32N2O5Si. The molecule has 0 fully saturated rings. The van der Waals surface area contributed by atoms with Crippen LogP contribution in [-0.2, 0) is 9.47 Å². The van der Waals surface area contributed by atoms with Crippen LogP contribution in [0.15, 0.2) is 0 Å². The monoisotopic (exact) mass is 348 g/mol. The molecule has 2 N–H and O–H groups in total. The zero-order valence-electron chi connectivity index (χ0n) is 15.6. The number of carbonyl (C=O) groups excluding carboxylic acids is 2. The minimum Gasteiger partial charge on any atom is -0.450 e. The molecule has 2 amide bonds. The SMILES string of the molecule is C[C@H](OC(=O)N(C)C[C@H](CO)NC(=O)OC(C)(C)C)[Si](C)(C)C. The molecule has 8 heteroatoms. The molecule has 0 heterocycles. The Morgan fingerprint density at radius 2 is 1.78 bits per heavy atom. The van der Waals surface area contributed by atoms with Gasteiger partial charge in [0.05, 0.1) is 26.4 Å². The highest BCUT2D eigenvalue weighted by molar-refractivity contribution is 6.77. The van der Waals surface area contributed by atoms with Crippen molar-refractivity contribution in [2.75, 3.05) is 20.2 Å². The Hall–Kier alpha value is -1.28. The summed E-state index contributed by atoms with van der Waals surface area (Å²) in [6, 6.07) is -0.621. The fourth-order valence-electron chi connectivity index (χ4n) is 1.45. The number of nitrogens with zero attached hydrogens (tertiary/aromatic N) is 1. The number of hydrogen-bond acceptors (Lipinski definition) is 5. The van der Waals surface area contributed by atoms with Crippen molar-refractivity contribution in [2.24, 2.45) is 0 Å². The number of carbonyl (C=O) groups is 2. The third-order valence-corrected chi connectivity index (χ3v) is 5.80. The smallest absolute Gasteiger partial charge is 0.409 e. The minimum absolute atomic E-state index is 0.121. The molecule has 0 bridgehead atoms. The summed E-state index contributed by atoms with van der Waals surface area (Å²) >= 11 is 0. The molecule has 0 saturated heterocycles. The van der Waals surface area contributed by atoms with Crippen molar-refractivity contribution in [1.82, 2.24) is 10.2 Å². The van der Waals surface area contributed by atoms with Gasteiger partial charge in [0.2, 0.25) is 0 Å². The summed E-state index contributed by atoms with van der Waals surface area (Å²) in [6.45, 7) is 13.3. The maximum atomic E-state index is 12.1. The number of rotatable bonds is 6. The van der Waals surface area contributed by atoms with Crippen molar-refractivity contribution < 1.29 is 24.2 Å². The normalized spacial score (nSPS) is 14.7. The predicted molar refractivity (Wildman–Crippen MR) is 92.2 cm³/mol. The lowest BCUT2D eigenvalue weighted by molar-refractivity contribution is 0.0456. The Labute approximate surface area is 140 Å². The van der Waals surface area contributed by atoms with Crippen molar-refractivity contribution in [2.45, 2.75) is 64.7 Å². The maximum Gasteiger partial charge on any atom is 0.409 e. The quantitative estimate of drug-likeness (QED) is 0.719. The van der Waals surface area contributed by atoms with E-state index in [1.807, 2.05) is 6.92 Å². The molecule has 0 aliphatic rings. The third kappa shape index (κ3) is 9.45. The zero-order chi connectivity index (χ0) is 18.4. The third-order valence-electron chi connectivity index (χ3n) is 3.24. The standard InChI is InChI=1S/C15H32N2O5Si/c1-11(23(6,7)8)21-14(20)17(5)9-12(10-18)16-13(19)22-15(2,3)4/h11-12,18H,9-10H2,1-8H3,(H,16,19)/t11-,12-/m1/s1. The van der Waals surface area contributed by atoms with Gasteiger partial charge in [-0.25, -0.2) is 9.59 Å². The van der Waals surface area contributed by atoms with Crippen LogP contribution in [0.5, 0.6) is 0 Å². The van der Waals surface area contributed by atoms with Gasteiger partial charge in [-0.2, -0.15) is 0 Å². The molecule has 0 radical (unpaired) electrons. The predicted octanol–water partition coefficient (Wildman–Crippen LogP) is 2.21. The van der Waals surface area contributed by atoms with E-state index >= 15 is 0 Å². The van der Waals surface area contributed by atoms with Crippen molar-refractivity contribution in [3.63, 3.8) is 0 Å². The number of nitrogens with one attached hydrogen (secondary N) is 1. The summed E-state index contributed by atoms with van der Waals surface area (Å²) < 4.78 is 10.6. The average molecular weight is 349 g/mol. The first-order chi connectivity index (χ1) is 10.3. The lowest BCUT2D eigenvalue weighted by Gasteiger charge is -2.29. The second-order valence-electron chi connectivity index (χ2n) is 7.80. The van der Waals surface area contributed by atoms with E-state index in [-0.39, 0.29) is 18.9 Å². The first-order valence-electron chi connectivity index (χ1n) is 7.78. The van der Waals surface area contributed by atoms with Crippen LogP contribution in [0, 0.1) is 0 Å². The number of likely N-dealkylation sites (N-methyl/N-ethyl adjacent to an activating group) is 1. The highest BCUT2D eigenvalue weighted by atomic mass is 28.3. The molecular weight excluding hydrogens is 316 g/mol. The second-order valence-corrected chi connectivity index (χ2v) is 13.3. The van der Waals surface area contributed by atoms with Gasteiger partial charge in [0.25, 0.3) is 0 Å². The Morgan fingerprint density at radius 3 is 2.17 bits per heavy atom. The largest absolute Gasteiger partial charge is 0.450 e. The molecule has 0 spiro atoms. The molecule has 23 heavy (non-hydrogen) atoms. The van der Waals surface area contributed by atoms with E-state index in [4.69, 9.17) is 9.47 Å². The number of hydrogen-bond donors (Lipinski definition) is 2. The Balaban J connectivity index is 4.51. The van der Waals surface area contributed by atoms with Crippen LogP contribution >= 0.6 is 0 Å². The van der Waals surface area contributed by atoms with Crippen LogP contribution < -0.4 is 5.32 Å². The highest BCUT2D eigenvalue weighted by Crippen LogP contribution is 2.12. The van der Waals surface area contributed by atoms with E-state index < -0.39 is 31.9 Å². The number of aliphatic hydroxyl groups excluding tert-OH is 1. The number of alkyl carbamates (subject to hydrolysis) is 1. The fourth-order valence-corrected chi connectivity index (χ4v) is 1.90. The van der Waals surface area contributed by atoms with Crippen molar-refractivity contribution in [3.8, 4) is 0 Å². The Bertz CT molecular complexity index is 404. The summed E-state index contributed by atoms with van der Waals surface area (Å²) in [4.78, 5) is 25.1. The molecule has 7 nitrogen and oxygen atoms in total. The van der Waals surface area contributed by atoms with E-state index in [1.54, 1.807) is 27.8 Å². The van der Waals surface area contributed by atoms with Gasteiger partial charge in [0.1, 0.15) is 5.60 Å². The van der Waals surface area contributed by atoms with Crippen LogP contribution in [0.25, 0.3) is 0 Å². The molecule has 0 aromatic carbocycles. The van der Waals surface area contributed by atoms with E-state index in [1.165, 1.54) is 4.90 Å². The van der Waals surface area contributed by atoms with E-state index in [0.717, 1.165) is 0 Å². The van der Waals surface area contributed by atoms with Gasteiger partial charge >= 0.3 is 12.2 Å². The summed E-state index contributed by atoms with van der Waals surface area (Å²) in [5.74, 6) is 0. The van der Waals surface area contributed by atoms with Crippen molar-refractivity contribution in [1.29, 1.82) is 0 Å². The van der Waals surface area contributed by atoms with E-state index in [9.17, 15) is 14.7 Å². The second kappa shape index (κ2) is 8.54. The lowest BCUT2D eigenvalue weighted by atomic mass is 10.2. The van der Waals surface area contributed by atoms with Crippen molar-refractivity contribution >= 4 is 20.3 Å². The molecule has 0 aromatic heterocycles. The molecule has 0 rings (SSSR count). The zero-order valence-corrected chi connectivity index (χ0v) is 16.6. The first kappa shape index (κ1) is 21.7. The molecule has 0 aliphatic heterocycles. The molecule has 136 valence electrons. The van der Waals surface area contributed by atoms with Gasteiger partial charge in [-0.05, 0) is 27.7 Å². The number of aliphatic hydroxyl groups is 1. The molecule has 0 unspecified atom stereocenters. The topological polar surface area (TPSA) is 88.1 Å². The van der Waals surface area contributed by atoms with Gasteiger partial charge < -0.3 is 24.8 Å². The van der Waals surface area contributed by atoms with Gasteiger partial charge in [0, 0.05) is 13.6 Å². The van der Waals surface area contributed by atoms with Crippen LogP contribution in [0.1, 0.15) is 27.7 Å². The Morgan fingerprint density at radius 1 is 1.26 bits per heavy atom. The van der Waals surface area contributed by atoms with Gasteiger partial charge in [-0.3, -0.25) is 0 Å². The number of ether oxygens (including phenoxy) is 2. The first-order valence-corrected chi connectivity index (χ1v) is 11.4. The fraction of sp³-hybridized carbons (Fsp3) is 0.867.